The average molecular weight is 280 g/mol. The van der Waals surface area contributed by atoms with Crippen molar-refractivity contribution in [3.05, 3.63) is 42.0 Å². The van der Waals surface area contributed by atoms with Gasteiger partial charge in [-0.2, -0.15) is 0 Å². The molecule has 3 rings (SSSR count). The zero-order valence-electron chi connectivity index (χ0n) is 11.2. The van der Waals surface area contributed by atoms with E-state index in [0.717, 1.165) is 25.3 Å². The fourth-order valence-electron chi connectivity index (χ4n) is 3.65. The van der Waals surface area contributed by atoms with Gasteiger partial charge in [-0.25, -0.2) is 0 Å². The van der Waals surface area contributed by atoms with Crippen LogP contribution in [0.2, 0.25) is 0 Å². The highest BCUT2D eigenvalue weighted by molar-refractivity contribution is 5.85. The molecule has 2 aliphatic rings. The van der Waals surface area contributed by atoms with Gasteiger partial charge in [-0.15, -0.1) is 19.0 Å². The summed E-state index contributed by atoms with van der Waals surface area (Å²) in [5.41, 5.74) is 2.78. The quantitative estimate of drug-likeness (QED) is 0.841. The molecule has 0 spiro atoms. The molecule has 1 N–H and O–H groups in total. The van der Waals surface area contributed by atoms with Gasteiger partial charge in [-0.05, 0) is 61.4 Å². The lowest BCUT2D eigenvalue weighted by Gasteiger charge is -2.44. The van der Waals surface area contributed by atoms with Gasteiger partial charge in [0.1, 0.15) is 5.75 Å². The Morgan fingerprint density at radius 3 is 2.95 bits per heavy atom. The second-order valence-electron chi connectivity index (χ2n) is 5.61. The zero-order valence-corrected chi connectivity index (χ0v) is 12.0. The monoisotopic (exact) mass is 279 g/mol. The van der Waals surface area contributed by atoms with Crippen molar-refractivity contribution in [1.29, 1.82) is 0 Å². The van der Waals surface area contributed by atoms with Crippen LogP contribution in [-0.2, 0) is 12.8 Å². The molecule has 1 heterocycles. The number of likely N-dealkylation sites (tertiary alicyclic amines) is 1. The molecule has 1 fully saturated rings. The number of benzene rings is 1. The van der Waals surface area contributed by atoms with Gasteiger partial charge in [0.2, 0.25) is 0 Å². The van der Waals surface area contributed by atoms with Crippen molar-refractivity contribution >= 4 is 12.4 Å². The highest BCUT2D eigenvalue weighted by atomic mass is 35.5. The zero-order chi connectivity index (χ0) is 12.5. The SMILES string of the molecule is C=CCN1CCC[C@H]2Cc3cc(O)ccc3C[C@H]21.Cl. The predicted octanol–water partition coefficient (Wildman–Crippen LogP) is 3.18. The van der Waals surface area contributed by atoms with Gasteiger partial charge in [0.05, 0.1) is 0 Å². The van der Waals surface area contributed by atoms with E-state index in [0.29, 0.717) is 11.8 Å². The van der Waals surface area contributed by atoms with Crippen LogP contribution >= 0.6 is 12.4 Å². The van der Waals surface area contributed by atoms with E-state index < -0.39 is 0 Å². The van der Waals surface area contributed by atoms with Crippen LogP contribution in [0, 0.1) is 5.92 Å². The van der Waals surface area contributed by atoms with E-state index in [1.807, 2.05) is 18.2 Å². The second-order valence-corrected chi connectivity index (χ2v) is 5.61. The number of hydrogen-bond acceptors (Lipinski definition) is 2. The normalized spacial score (nSPS) is 25.9. The summed E-state index contributed by atoms with van der Waals surface area (Å²) >= 11 is 0. The molecule has 3 heteroatoms. The lowest BCUT2D eigenvalue weighted by Crippen LogP contribution is -2.49. The predicted molar refractivity (Wildman–Crippen MR) is 81.0 cm³/mol. The minimum absolute atomic E-state index is 0. The highest BCUT2D eigenvalue weighted by Crippen LogP contribution is 2.36. The highest BCUT2D eigenvalue weighted by Gasteiger charge is 2.34. The lowest BCUT2D eigenvalue weighted by atomic mass is 9.75. The average Bonchev–Trinajstić information content (AvgIpc) is 2.37. The Hall–Kier alpha value is -0.990. The Kier molecular flexibility index (Phi) is 4.54. The number of nitrogens with zero attached hydrogens (tertiary/aromatic N) is 1. The molecule has 0 saturated carbocycles. The summed E-state index contributed by atoms with van der Waals surface area (Å²) in [6, 6.07) is 6.55. The van der Waals surface area contributed by atoms with E-state index in [1.165, 1.54) is 30.5 Å². The summed E-state index contributed by atoms with van der Waals surface area (Å²) in [5, 5.41) is 9.60. The Labute approximate surface area is 121 Å². The van der Waals surface area contributed by atoms with Crippen molar-refractivity contribution in [1.82, 2.24) is 4.90 Å². The smallest absolute Gasteiger partial charge is 0.115 e. The number of halogens is 1. The van der Waals surface area contributed by atoms with Crippen LogP contribution in [0.4, 0.5) is 0 Å². The number of fused-ring (bicyclic) bond motifs is 2. The second kappa shape index (κ2) is 5.98. The van der Waals surface area contributed by atoms with Crippen LogP contribution in [0.3, 0.4) is 0 Å². The summed E-state index contributed by atoms with van der Waals surface area (Å²) in [7, 11) is 0. The number of phenolic OH excluding ortho intramolecular Hbond substituents is 1. The van der Waals surface area contributed by atoms with Gasteiger partial charge in [0, 0.05) is 12.6 Å². The Bertz CT molecular complexity index is 460. The molecule has 2 atom stereocenters. The van der Waals surface area contributed by atoms with Crippen molar-refractivity contribution in [3.8, 4) is 5.75 Å². The van der Waals surface area contributed by atoms with E-state index in [1.54, 1.807) is 0 Å². The number of hydrogen-bond donors (Lipinski definition) is 1. The van der Waals surface area contributed by atoms with E-state index in [9.17, 15) is 5.11 Å². The van der Waals surface area contributed by atoms with Crippen LogP contribution in [0.25, 0.3) is 0 Å². The molecule has 1 aliphatic heterocycles. The van der Waals surface area contributed by atoms with Crippen LogP contribution < -0.4 is 0 Å². The van der Waals surface area contributed by atoms with E-state index in [-0.39, 0.29) is 12.4 Å². The summed E-state index contributed by atoms with van der Waals surface area (Å²) in [5.74, 6) is 1.17. The molecule has 104 valence electrons. The van der Waals surface area contributed by atoms with Crippen LogP contribution in [0.5, 0.6) is 5.75 Å². The van der Waals surface area contributed by atoms with E-state index >= 15 is 0 Å². The first-order valence-electron chi connectivity index (χ1n) is 6.93. The molecule has 1 aromatic rings. The van der Waals surface area contributed by atoms with E-state index in [4.69, 9.17) is 0 Å². The van der Waals surface area contributed by atoms with Crippen LogP contribution in [0.1, 0.15) is 24.0 Å². The molecule has 1 saturated heterocycles. The molecule has 2 nitrogen and oxygen atoms in total. The topological polar surface area (TPSA) is 23.5 Å². The molecule has 0 radical (unpaired) electrons. The first-order valence-corrected chi connectivity index (χ1v) is 6.93. The first-order chi connectivity index (χ1) is 8.78. The fraction of sp³-hybridized carbons (Fsp3) is 0.500. The Balaban J connectivity index is 0.00000133. The van der Waals surface area contributed by atoms with Crippen molar-refractivity contribution < 1.29 is 5.11 Å². The van der Waals surface area contributed by atoms with Gasteiger partial charge in [0.15, 0.2) is 0 Å². The summed E-state index contributed by atoms with van der Waals surface area (Å²) in [6.45, 7) is 6.09. The maximum absolute atomic E-state index is 9.60. The number of aromatic hydroxyl groups is 1. The van der Waals surface area contributed by atoms with Gasteiger partial charge in [0.25, 0.3) is 0 Å². The summed E-state index contributed by atoms with van der Waals surface area (Å²) < 4.78 is 0. The number of rotatable bonds is 2. The molecule has 1 aliphatic carbocycles. The number of piperidine rings is 1. The third-order valence-electron chi connectivity index (χ3n) is 4.50. The van der Waals surface area contributed by atoms with E-state index in [2.05, 4.69) is 17.5 Å². The van der Waals surface area contributed by atoms with Gasteiger partial charge in [-0.1, -0.05) is 12.1 Å². The largest absolute Gasteiger partial charge is 0.508 e. The third kappa shape index (κ3) is 2.80. The van der Waals surface area contributed by atoms with Crippen LogP contribution in [0.15, 0.2) is 30.9 Å². The molecular weight excluding hydrogens is 258 g/mol. The number of phenols is 1. The van der Waals surface area contributed by atoms with Gasteiger partial charge < -0.3 is 5.11 Å². The first kappa shape index (κ1) is 14.4. The molecule has 19 heavy (non-hydrogen) atoms. The standard InChI is InChI=1S/C16H21NO.ClH/c1-2-7-17-8-3-4-13-9-14-10-15(18)6-5-12(14)11-16(13)17;/h2,5-6,10,13,16,18H,1,3-4,7-9,11H2;1H/t13-,16+;/m0./s1. The summed E-state index contributed by atoms with van der Waals surface area (Å²) in [4.78, 5) is 2.58. The maximum atomic E-state index is 9.60. The third-order valence-corrected chi connectivity index (χ3v) is 4.50. The molecule has 1 aromatic carbocycles. The lowest BCUT2D eigenvalue weighted by molar-refractivity contribution is 0.0972. The summed E-state index contributed by atoms with van der Waals surface area (Å²) in [6.07, 6.45) is 6.90. The molecular formula is C16H22ClNO. The van der Waals surface area contributed by atoms with Crippen molar-refractivity contribution in [2.24, 2.45) is 5.92 Å². The van der Waals surface area contributed by atoms with Crippen LogP contribution in [-0.4, -0.2) is 29.1 Å². The Morgan fingerprint density at radius 2 is 2.16 bits per heavy atom. The molecule has 0 unspecified atom stereocenters. The van der Waals surface area contributed by atoms with Crippen molar-refractivity contribution in [3.63, 3.8) is 0 Å². The van der Waals surface area contributed by atoms with Gasteiger partial charge in [-0.3, -0.25) is 4.90 Å². The minimum atomic E-state index is 0. The molecule has 0 amide bonds. The molecule has 0 aromatic heterocycles. The van der Waals surface area contributed by atoms with Crippen molar-refractivity contribution in [2.45, 2.75) is 31.7 Å². The van der Waals surface area contributed by atoms with Gasteiger partial charge >= 0.3 is 0 Å². The Morgan fingerprint density at radius 1 is 1.32 bits per heavy atom. The minimum Gasteiger partial charge on any atom is -0.508 e. The maximum Gasteiger partial charge on any atom is 0.115 e. The fourth-order valence-corrected chi connectivity index (χ4v) is 3.65. The van der Waals surface area contributed by atoms with Crippen molar-refractivity contribution in [2.75, 3.05) is 13.1 Å². The molecule has 0 bridgehead atoms.